The maximum Gasteiger partial charge on any atom is 0.240 e. The van der Waals surface area contributed by atoms with Gasteiger partial charge in [-0.25, -0.2) is 13.8 Å². The SMILES string of the molecule is O=C(CN1CCN(C/C=C/c2ccccc2)CC1)Nc1nc(-c2cc(F)ccc2F)cs1. The van der Waals surface area contributed by atoms with Gasteiger partial charge in [-0.2, -0.15) is 0 Å². The zero-order valence-corrected chi connectivity index (χ0v) is 18.3. The van der Waals surface area contributed by atoms with Gasteiger partial charge < -0.3 is 5.32 Å². The van der Waals surface area contributed by atoms with Crippen LogP contribution in [0.4, 0.5) is 13.9 Å². The van der Waals surface area contributed by atoms with Crippen molar-refractivity contribution >= 4 is 28.5 Å². The van der Waals surface area contributed by atoms with Crippen LogP contribution in [0.2, 0.25) is 0 Å². The second kappa shape index (κ2) is 10.6. The van der Waals surface area contributed by atoms with Crippen LogP contribution in [0.5, 0.6) is 0 Å². The van der Waals surface area contributed by atoms with Gasteiger partial charge in [0.15, 0.2) is 5.13 Å². The van der Waals surface area contributed by atoms with Gasteiger partial charge in [-0.1, -0.05) is 42.5 Å². The zero-order valence-electron chi connectivity index (χ0n) is 17.5. The van der Waals surface area contributed by atoms with E-state index in [0.717, 1.165) is 50.9 Å². The lowest BCUT2D eigenvalue weighted by molar-refractivity contribution is -0.117. The molecule has 0 atom stereocenters. The first-order chi connectivity index (χ1) is 15.6. The maximum absolute atomic E-state index is 13.9. The number of halogens is 2. The number of hydrogen-bond donors (Lipinski definition) is 1. The first kappa shape index (κ1) is 22.3. The van der Waals surface area contributed by atoms with E-state index in [1.165, 1.54) is 16.9 Å². The van der Waals surface area contributed by atoms with E-state index in [1.54, 1.807) is 5.38 Å². The van der Waals surface area contributed by atoms with Gasteiger partial charge >= 0.3 is 0 Å². The number of nitrogens with zero attached hydrogens (tertiary/aromatic N) is 3. The van der Waals surface area contributed by atoms with E-state index in [-0.39, 0.29) is 18.0 Å². The molecule has 0 radical (unpaired) electrons. The number of carbonyl (C=O) groups excluding carboxylic acids is 1. The zero-order chi connectivity index (χ0) is 22.3. The molecule has 166 valence electrons. The third kappa shape index (κ3) is 6.06. The molecule has 1 aromatic heterocycles. The summed E-state index contributed by atoms with van der Waals surface area (Å²) < 4.78 is 27.3. The quantitative estimate of drug-likeness (QED) is 0.577. The number of piperazine rings is 1. The summed E-state index contributed by atoms with van der Waals surface area (Å²) in [6.07, 6.45) is 4.29. The second-order valence-corrected chi connectivity index (χ2v) is 8.46. The van der Waals surface area contributed by atoms with Crippen LogP contribution in [0, 0.1) is 11.6 Å². The van der Waals surface area contributed by atoms with Crippen molar-refractivity contribution in [3.05, 3.63) is 77.2 Å². The lowest BCUT2D eigenvalue weighted by atomic mass is 10.1. The number of aromatic nitrogens is 1. The monoisotopic (exact) mass is 454 g/mol. The Labute approximate surface area is 190 Å². The first-order valence-electron chi connectivity index (χ1n) is 10.4. The number of hydrogen-bond acceptors (Lipinski definition) is 5. The Morgan fingerprint density at radius 2 is 1.81 bits per heavy atom. The van der Waals surface area contributed by atoms with E-state index >= 15 is 0 Å². The van der Waals surface area contributed by atoms with E-state index < -0.39 is 11.6 Å². The van der Waals surface area contributed by atoms with Crippen LogP contribution in [-0.2, 0) is 4.79 Å². The van der Waals surface area contributed by atoms with Crippen molar-refractivity contribution < 1.29 is 13.6 Å². The lowest BCUT2D eigenvalue weighted by Gasteiger charge is -2.33. The molecule has 1 N–H and O–H groups in total. The number of benzene rings is 2. The van der Waals surface area contributed by atoms with Gasteiger partial charge in [0.25, 0.3) is 0 Å². The van der Waals surface area contributed by atoms with Crippen LogP contribution in [0.1, 0.15) is 5.56 Å². The van der Waals surface area contributed by atoms with E-state index in [0.29, 0.717) is 10.8 Å². The van der Waals surface area contributed by atoms with Gasteiger partial charge in [0, 0.05) is 43.7 Å². The second-order valence-electron chi connectivity index (χ2n) is 7.60. The third-order valence-electron chi connectivity index (χ3n) is 5.26. The number of rotatable bonds is 7. The van der Waals surface area contributed by atoms with Gasteiger partial charge in [-0.05, 0) is 23.8 Å². The topological polar surface area (TPSA) is 48.5 Å². The van der Waals surface area contributed by atoms with Crippen molar-refractivity contribution in [1.82, 2.24) is 14.8 Å². The highest BCUT2D eigenvalue weighted by Gasteiger charge is 2.19. The van der Waals surface area contributed by atoms with Gasteiger partial charge in [-0.3, -0.25) is 14.6 Å². The predicted octanol–water partition coefficient (Wildman–Crippen LogP) is 4.36. The number of amides is 1. The number of nitrogens with one attached hydrogen (secondary N) is 1. The smallest absolute Gasteiger partial charge is 0.240 e. The fourth-order valence-corrected chi connectivity index (χ4v) is 4.27. The molecule has 0 bridgehead atoms. The van der Waals surface area contributed by atoms with Crippen LogP contribution in [0.15, 0.2) is 60.0 Å². The molecule has 5 nitrogen and oxygen atoms in total. The van der Waals surface area contributed by atoms with Crippen LogP contribution in [0.25, 0.3) is 17.3 Å². The number of carbonyl (C=O) groups is 1. The van der Waals surface area contributed by atoms with Crippen LogP contribution in [-0.4, -0.2) is 60.0 Å². The summed E-state index contributed by atoms with van der Waals surface area (Å²) >= 11 is 1.19. The Balaban J connectivity index is 1.22. The van der Waals surface area contributed by atoms with Crippen molar-refractivity contribution in [2.75, 3.05) is 44.6 Å². The maximum atomic E-state index is 13.9. The average molecular weight is 455 g/mol. The minimum atomic E-state index is -0.550. The average Bonchev–Trinajstić information content (AvgIpc) is 3.25. The Bertz CT molecular complexity index is 1080. The first-order valence-corrected chi connectivity index (χ1v) is 11.3. The highest BCUT2D eigenvalue weighted by Crippen LogP contribution is 2.27. The van der Waals surface area contributed by atoms with E-state index in [1.807, 2.05) is 18.2 Å². The molecule has 1 saturated heterocycles. The molecule has 4 rings (SSSR count). The summed E-state index contributed by atoms with van der Waals surface area (Å²) in [5.74, 6) is -1.25. The normalized spacial score (nSPS) is 15.3. The Hall–Kier alpha value is -2.94. The molecular formula is C24H24F2N4OS. The van der Waals surface area contributed by atoms with Gasteiger partial charge in [0.1, 0.15) is 11.6 Å². The van der Waals surface area contributed by atoms with Gasteiger partial charge in [0.05, 0.1) is 12.2 Å². The summed E-state index contributed by atoms with van der Waals surface area (Å²) in [6.45, 7) is 4.57. The van der Waals surface area contributed by atoms with Crippen molar-refractivity contribution in [3.8, 4) is 11.3 Å². The molecule has 0 aliphatic carbocycles. The van der Waals surface area contributed by atoms with Gasteiger partial charge in [0.2, 0.25) is 5.91 Å². The fourth-order valence-electron chi connectivity index (χ4n) is 3.54. The highest BCUT2D eigenvalue weighted by atomic mass is 32.1. The van der Waals surface area contributed by atoms with Crippen LogP contribution in [0.3, 0.4) is 0 Å². The summed E-state index contributed by atoms with van der Waals surface area (Å²) in [5, 5.41) is 4.74. The number of thiazole rings is 1. The number of anilines is 1. The van der Waals surface area contributed by atoms with E-state index in [2.05, 4.69) is 44.4 Å². The Morgan fingerprint density at radius 1 is 1.06 bits per heavy atom. The van der Waals surface area contributed by atoms with Gasteiger partial charge in [-0.15, -0.1) is 11.3 Å². The highest BCUT2D eigenvalue weighted by molar-refractivity contribution is 7.14. The molecule has 2 heterocycles. The molecule has 0 unspecified atom stereocenters. The molecule has 32 heavy (non-hydrogen) atoms. The lowest BCUT2D eigenvalue weighted by Crippen LogP contribution is -2.48. The van der Waals surface area contributed by atoms with E-state index in [4.69, 9.17) is 0 Å². The largest absolute Gasteiger partial charge is 0.301 e. The summed E-state index contributed by atoms with van der Waals surface area (Å²) in [7, 11) is 0. The molecular weight excluding hydrogens is 430 g/mol. The predicted molar refractivity (Wildman–Crippen MR) is 124 cm³/mol. The molecule has 2 aromatic carbocycles. The van der Waals surface area contributed by atoms with Crippen LogP contribution >= 0.6 is 11.3 Å². The standard InChI is InChI=1S/C24H24F2N4OS/c25-19-8-9-21(26)20(15-19)22-17-32-24(27-22)28-23(31)16-30-13-11-29(12-14-30)10-4-7-18-5-2-1-3-6-18/h1-9,15,17H,10-14,16H2,(H,27,28,31)/b7-4+. The molecule has 1 fully saturated rings. The van der Waals surface area contributed by atoms with Crippen molar-refractivity contribution in [2.45, 2.75) is 0 Å². The summed E-state index contributed by atoms with van der Waals surface area (Å²) in [6, 6.07) is 13.4. The fraction of sp³-hybridized carbons (Fsp3) is 0.250. The molecule has 1 aliphatic rings. The summed E-state index contributed by atoms with van der Waals surface area (Å²) in [5.41, 5.74) is 1.58. The molecule has 0 saturated carbocycles. The van der Waals surface area contributed by atoms with Crippen molar-refractivity contribution in [1.29, 1.82) is 0 Å². The Morgan fingerprint density at radius 3 is 2.59 bits per heavy atom. The minimum absolute atomic E-state index is 0.0826. The van der Waals surface area contributed by atoms with Crippen molar-refractivity contribution in [2.24, 2.45) is 0 Å². The van der Waals surface area contributed by atoms with Crippen LogP contribution < -0.4 is 5.32 Å². The third-order valence-corrected chi connectivity index (χ3v) is 6.02. The molecule has 8 heteroatoms. The minimum Gasteiger partial charge on any atom is -0.301 e. The molecule has 1 amide bonds. The van der Waals surface area contributed by atoms with Crippen molar-refractivity contribution in [3.63, 3.8) is 0 Å². The summed E-state index contributed by atoms with van der Waals surface area (Å²) in [4.78, 5) is 21.1. The van der Waals surface area contributed by atoms with E-state index in [9.17, 15) is 13.6 Å². The molecule has 1 aliphatic heterocycles. The molecule has 3 aromatic rings. The Kier molecular flexibility index (Phi) is 7.36. The molecule has 0 spiro atoms.